The lowest BCUT2D eigenvalue weighted by Crippen LogP contribution is -2.04. The number of benzene rings is 2. The molecule has 2 aromatic carbocycles. The first-order valence-corrected chi connectivity index (χ1v) is 6.97. The molecule has 0 unspecified atom stereocenters. The molecule has 0 amide bonds. The summed E-state index contributed by atoms with van der Waals surface area (Å²) < 4.78 is -0.211. The molecule has 0 fully saturated rings. The van der Waals surface area contributed by atoms with Crippen LogP contribution in [0.25, 0.3) is 10.8 Å². The second-order valence-electron chi connectivity index (χ2n) is 3.43. The molecule has 0 aliphatic carbocycles. The van der Waals surface area contributed by atoms with Gasteiger partial charge in [-0.05, 0) is 16.3 Å². The lowest BCUT2D eigenvalue weighted by molar-refractivity contribution is 1.11. The van der Waals surface area contributed by atoms with Crippen LogP contribution < -0.4 is 0 Å². The summed E-state index contributed by atoms with van der Waals surface area (Å²) >= 11 is 10.6. The summed E-state index contributed by atoms with van der Waals surface area (Å²) in [5.41, 5.74) is 1.32. The van der Waals surface area contributed by atoms with E-state index in [4.69, 9.17) is 0 Å². The molecule has 0 aromatic heterocycles. The van der Waals surface area contributed by atoms with E-state index in [1.165, 1.54) is 16.3 Å². The summed E-state index contributed by atoms with van der Waals surface area (Å²) in [6.07, 6.45) is 0.883. The highest BCUT2D eigenvalue weighted by Gasteiger charge is 2.19. The predicted molar refractivity (Wildman–Crippen MR) is 77.2 cm³/mol. The van der Waals surface area contributed by atoms with Crippen LogP contribution in [-0.4, -0.2) is 2.14 Å². The van der Waals surface area contributed by atoms with Gasteiger partial charge < -0.3 is 0 Å². The number of rotatable bonds is 1. The van der Waals surface area contributed by atoms with E-state index in [0.717, 1.165) is 6.42 Å². The Hall–Kier alpha value is 0.140. The van der Waals surface area contributed by atoms with E-state index in [-0.39, 0.29) is 2.14 Å². The highest BCUT2D eigenvalue weighted by molar-refractivity contribution is 9.39. The van der Waals surface area contributed by atoms with Crippen LogP contribution >= 0.6 is 47.8 Å². The Morgan fingerprint density at radius 1 is 0.867 bits per heavy atom. The lowest BCUT2D eigenvalue weighted by Gasteiger charge is -2.13. The highest BCUT2D eigenvalue weighted by atomic mass is 80.0. The van der Waals surface area contributed by atoms with Gasteiger partial charge in [0.2, 0.25) is 0 Å². The summed E-state index contributed by atoms with van der Waals surface area (Å²) in [4.78, 5) is 0. The monoisotopic (exact) mass is 390 g/mol. The van der Waals surface area contributed by atoms with Gasteiger partial charge >= 0.3 is 0 Å². The second kappa shape index (κ2) is 4.56. The van der Waals surface area contributed by atoms with Crippen LogP contribution in [0.2, 0.25) is 0 Å². The maximum absolute atomic E-state index is 3.53. The normalized spacial score (nSPS) is 11.9. The van der Waals surface area contributed by atoms with Crippen molar-refractivity contribution in [3.8, 4) is 0 Å². The first kappa shape index (κ1) is 11.6. The third kappa shape index (κ3) is 3.05. The number of hydrogen-bond acceptors (Lipinski definition) is 0. The third-order valence-corrected chi connectivity index (χ3v) is 3.11. The van der Waals surface area contributed by atoms with Gasteiger partial charge in [-0.3, -0.25) is 0 Å². The Labute approximate surface area is 114 Å². The minimum Gasteiger partial charge on any atom is -0.0616 e. The van der Waals surface area contributed by atoms with Crippen molar-refractivity contribution < 1.29 is 0 Å². The Morgan fingerprint density at radius 2 is 1.53 bits per heavy atom. The topological polar surface area (TPSA) is 0 Å². The lowest BCUT2D eigenvalue weighted by atomic mass is 10.0. The van der Waals surface area contributed by atoms with Crippen molar-refractivity contribution in [1.82, 2.24) is 0 Å². The van der Waals surface area contributed by atoms with E-state index in [0.29, 0.717) is 0 Å². The molecule has 3 heteroatoms. The predicted octanol–water partition coefficient (Wildman–Crippen LogP) is 5.22. The van der Waals surface area contributed by atoms with Crippen LogP contribution in [0.15, 0.2) is 42.5 Å². The van der Waals surface area contributed by atoms with Crippen LogP contribution in [0.5, 0.6) is 0 Å². The fourth-order valence-corrected chi connectivity index (χ4v) is 2.57. The number of fused-ring (bicyclic) bond motifs is 1. The fraction of sp³-hybridized carbons (Fsp3) is 0.167. The van der Waals surface area contributed by atoms with Gasteiger partial charge in [0.1, 0.15) is 2.14 Å². The van der Waals surface area contributed by atoms with Crippen LogP contribution in [0.3, 0.4) is 0 Å². The average molecular weight is 393 g/mol. The Morgan fingerprint density at radius 3 is 2.27 bits per heavy atom. The molecule has 0 nitrogen and oxygen atoms in total. The zero-order valence-corrected chi connectivity index (χ0v) is 12.6. The summed E-state index contributed by atoms with van der Waals surface area (Å²) in [6.45, 7) is 0. The molecule has 2 aromatic rings. The summed E-state index contributed by atoms with van der Waals surface area (Å²) in [5, 5.41) is 2.59. The maximum atomic E-state index is 3.53. The van der Waals surface area contributed by atoms with E-state index in [2.05, 4.69) is 90.3 Å². The average Bonchev–Trinajstić information content (AvgIpc) is 2.16. The van der Waals surface area contributed by atoms with Crippen LogP contribution in [-0.2, 0) is 6.42 Å². The van der Waals surface area contributed by atoms with E-state index >= 15 is 0 Å². The van der Waals surface area contributed by atoms with Gasteiger partial charge in [0.25, 0.3) is 0 Å². The number of hydrogen-bond donors (Lipinski definition) is 0. The second-order valence-corrected chi connectivity index (χ2v) is 10.7. The molecule has 0 radical (unpaired) electrons. The quantitative estimate of drug-likeness (QED) is 0.583. The molecule has 0 saturated carbocycles. The molecule has 0 saturated heterocycles. The fourth-order valence-electron chi connectivity index (χ4n) is 1.66. The van der Waals surface area contributed by atoms with Gasteiger partial charge in [0, 0.05) is 6.42 Å². The van der Waals surface area contributed by atoms with Crippen LogP contribution in [0.1, 0.15) is 5.56 Å². The maximum Gasteiger partial charge on any atom is 0.139 e. The molecule has 2 rings (SSSR count). The zero-order valence-electron chi connectivity index (χ0n) is 7.88. The van der Waals surface area contributed by atoms with Crippen molar-refractivity contribution in [2.75, 3.05) is 0 Å². The molecule has 0 heterocycles. The Kier molecular flexibility index (Phi) is 3.53. The molecular formula is C12H9Br3. The first-order chi connectivity index (χ1) is 7.06. The van der Waals surface area contributed by atoms with Crippen molar-refractivity contribution in [3.63, 3.8) is 0 Å². The number of halogens is 3. The van der Waals surface area contributed by atoms with Gasteiger partial charge in [-0.15, -0.1) is 0 Å². The third-order valence-electron chi connectivity index (χ3n) is 2.27. The molecule has 0 aliphatic heterocycles. The van der Waals surface area contributed by atoms with Gasteiger partial charge in [-0.1, -0.05) is 90.3 Å². The Balaban J connectivity index is 2.52. The highest BCUT2D eigenvalue weighted by Crippen LogP contribution is 2.38. The summed E-state index contributed by atoms with van der Waals surface area (Å²) in [5.74, 6) is 0. The van der Waals surface area contributed by atoms with E-state index in [9.17, 15) is 0 Å². The van der Waals surface area contributed by atoms with Gasteiger partial charge in [0.15, 0.2) is 0 Å². The van der Waals surface area contributed by atoms with Crippen LogP contribution in [0.4, 0.5) is 0 Å². The van der Waals surface area contributed by atoms with Crippen molar-refractivity contribution in [2.45, 2.75) is 8.56 Å². The smallest absolute Gasteiger partial charge is 0.0616 e. The van der Waals surface area contributed by atoms with Crippen molar-refractivity contribution in [3.05, 3.63) is 48.0 Å². The largest absolute Gasteiger partial charge is 0.139 e. The van der Waals surface area contributed by atoms with Crippen molar-refractivity contribution in [2.24, 2.45) is 0 Å². The SMILES string of the molecule is BrC(Br)(Br)Cc1cccc2ccccc12. The van der Waals surface area contributed by atoms with Gasteiger partial charge in [-0.25, -0.2) is 0 Å². The minimum absolute atomic E-state index is 0.211. The first-order valence-electron chi connectivity index (χ1n) is 4.60. The van der Waals surface area contributed by atoms with E-state index in [1.54, 1.807) is 0 Å². The number of alkyl halides is 3. The van der Waals surface area contributed by atoms with Gasteiger partial charge in [-0.2, -0.15) is 0 Å². The Bertz CT molecular complexity index is 466. The van der Waals surface area contributed by atoms with Gasteiger partial charge in [0.05, 0.1) is 0 Å². The van der Waals surface area contributed by atoms with Crippen molar-refractivity contribution in [1.29, 1.82) is 0 Å². The molecule has 0 N–H and O–H groups in total. The summed E-state index contributed by atoms with van der Waals surface area (Å²) in [7, 11) is 0. The van der Waals surface area contributed by atoms with E-state index in [1.807, 2.05) is 0 Å². The molecule has 15 heavy (non-hydrogen) atoms. The molecule has 0 atom stereocenters. The molecule has 78 valence electrons. The van der Waals surface area contributed by atoms with Crippen LogP contribution in [0, 0.1) is 0 Å². The van der Waals surface area contributed by atoms with E-state index < -0.39 is 0 Å². The summed E-state index contributed by atoms with van der Waals surface area (Å²) in [6, 6.07) is 14.8. The molecule has 0 spiro atoms. The zero-order chi connectivity index (χ0) is 10.9. The standard InChI is InChI=1S/C12H9Br3/c13-12(14,15)8-10-6-3-5-9-4-1-2-7-11(9)10/h1-7H,8H2. The molecule has 0 aliphatic rings. The van der Waals surface area contributed by atoms with Crippen molar-refractivity contribution >= 4 is 58.6 Å². The molecule has 0 bridgehead atoms. The minimum atomic E-state index is -0.211. The molecular weight excluding hydrogens is 384 g/mol.